The maximum Gasteiger partial charge on any atom is 0.274 e. The van der Waals surface area contributed by atoms with Gasteiger partial charge in [0.25, 0.3) is 11.5 Å². The minimum Gasteiger partial charge on any atom is -0.473 e. The molecule has 0 N–H and O–H groups in total. The number of ether oxygens (including phenoxy) is 1. The zero-order chi connectivity index (χ0) is 19.5. The lowest BCUT2D eigenvalue weighted by Gasteiger charge is -2.31. The maximum absolute atomic E-state index is 12.6. The van der Waals surface area contributed by atoms with Gasteiger partial charge in [0, 0.05) is 57.5 Å². The molecular formula is C18H19N7O3. The molecule has 1 aliphatic heterocycles. The van der Waals surface area contributed by atoms with E-state index in [9.17, 15) is 9.59 Å². The quantitative estimate of drug-likeness (QED) is 0.645. The van der Waals surface area contributed by atoms with E-state index in [4.69, 9.17) is 4.74 Å². The molecule has 1 saturated heterocycles. The van der Waals surface area contributed by atoms with Crippen molar-refractivity contribution in [2.24, 2.45) is 7.05 Å². The minimum absolute atomic E-state index is 0.0398. The van der Waals surface area contributed by atoms with Gasteiger partial charge in [0.15, 0.2) is 5.82 Å². The van der Waals surface area contributed by atoms with Gasteiger partial charge >= 0.3 is 0 Å². The van der Waals surface area contributed by atoms with E-state index >= 15 is 0 Å². The predicted octanol–water partition coefficient (Wildman–Crippen LogP) is 0.440. The van der Waals surface area contributed by atoms with Gasteiger partial charge in [-0.05, 0) is 18.2 Å². The zero-order valence-corrected chi connectivity index (χ0v) is 15.3. The van der Waals surface area contributed by atoms with Crippen molar-refractivity contribution in [3.05, 3.63) is 58.8 Å². The Bertz CT molecular complexity index is 1010. The third kappa shape index (κ3) is 3.75. The largest absolute Gasteiger partial charge is 0.473 e. The molecule has 0 radical (unpaired) electrons. The number of likely N-dealkylation sites (tertiary alicyclic amines) is 1. The first-order valence-electron chi connectivity index (χ1n) is 8.94. The molecule has 0 bridgehead atoms. The van der Waals surface area contributed by atoms with E-state index in [1.54, 1.807) is 34.1 Å². The van der Waals surface area contributed by atoms with Crippen LogP contribution in [0.4, 0.5) is 0 Å². The topological polar surface area (TPSA) is 108 Å². The van der Waals surface area contributed by atoms with Crippen molar-refractivity contribution in [2.45, 2.75) is 18.9 Å². The summed E-state index contributed by atoms with van der Waals surface area (Å²) >= 11 is 0. The highest BCUT2D eigenvalue weighted by molar-refractivity contribution is 5.92. The van der Waals surface area contributed by atoms with E-state index in [0.29, 0.717) is 37.6 Å². The predicted molar refractivity (Wildman–Crippen MR) is 98.2 cm³/mol. The van der Waals surface area contributed by atoms with Gasteiger partial charge in [0.1, 0.15) is 11.8 Å². The summed E-state index contributed by atoms with van der Waals surface area (Å²) in [7, 11) is 1.53. The van der Waals surface area contributed by atoms with Gasteiger partial charge in [-0.3, -0.25) is 9.59 Å². The Morgan fingerprint density at radius 2 is 1.96 bits per heavy atom. The number of hydrogen-bond donors (Lipinski definition) is 0. The van der Waals surface area contributed by atoms with Crippen LogP contribution in [0.5, 0.6) is 5.88 Å². The average Bonchev–Trinajstić information content (AvgIpc) is 3.26. The second-order valence-electron chi connectivity index (χ2n) is 6.47. The number of hydrogen-bond acceptors (Lipinski definition) is 7. The molecule has 0 aliphatic carbocycles. The summed E-state index contributed by atoms with van der Waals surface area (Å²) in [5, 5.41) is 16.3. The summed E-state index contributed by atoms with van der Waals surface area (Å²) in [4.78, 5) is 25.7. The molecule has 1 fully saturated rings. The van der Waals surface area contributed by atoms with E-state index in [-0.39, 0.29) is 23.3 Å². The van der Waals surface area contributed by atoms with Crippen LogP contribution < -0.4 is 10.3 Å². The Morgan fingerprint density at radius 1 is 1.14 bits per heavy atom. The molecule has 28 heavy (non-hydrogen) atoms. The molecule has 1 amide bonds. The number of aryl methyl sites for hydroxylation is 1. The number of carbonyl (C=O) groups is 1. The molecule has 0 atom stereocenters. The van der Waals surface area contributed by atoms with Crippen molar-refractivity contribution in [1.29, 1.82) is 0 Å². The highest BCUT2D eigenvalue weighted by Crippen LogP contribution is 2.18. The summed E-state index contributed by atoms with van der Waals surface area (Å²) in [6, 6.07) is 8.17. The normalized spacial score (nSPS) is 14.8. The van der Waals surface area contributed by atoms with Crippen LogP contribution in [-0.2, 0) is 7.05 Å². The second-order valence-corrected chi connectivity index (χ2v) is 6.47. The number of carbonyl (C=O) groups excluding carboxylic acids is 1. The van der Waals surface area contributed by atoms with Gasteiger partial charge in [0.2, 0.25) is 5.88 Å². The number of rotatable bonds is 4. The lowest BCUT2D eigenvalue weighted by molar-refractivity contribution is 0.0578. The summed E-state index contributed by atoms with van der Waals surface area (Å²) in [5.41, 5.74) is 0.0184. The molecule has 3 aromatic heterocycles. The fourth-order valence-corrected chi connectivity index (χ4v) is 3.03. The van der Waals surface area contributed by atoms with Gasteiger partial charge in [0.05, 0.1) is 0 Å². The van der Waals surface area contributed by atoms with Crippen LogP contribution in [0.1, 0.15) is 23.3 Å². The Morgan fingerprint density at radius 3 is 2.61 bits per heavy atom. The smallest absolute Gasteiger partial charge is 0.274 e. The van der Waals surface area contributed by atoms with E-state index in [2.05, 4.69) is 20.4 Å². The average molecular weight is 381 g/mol. The summed E-state index contributed by atoms with van der Waals surface area (Å²) in [5.74, 6) is 0.875. The van der Waals surface area contributed by atoms with E-state index in [1.165, 1.54) is 19.2 Å². The molecular weight excluding hydrogens is 362 g/mol. The molecule has 1 aliphatic rings. The fraction of sp³-hybridized carbons (Fsp3) is 0.333. The van der Waals surface area contributed by atoms with Gasteiger partial charge in [-0.1, -0.05) is 0 Å². The molecule has 3 aromatic rings. The molecule has 0 saturated carbocycles. The Balaban J connectivity index is 1.33. The van der Waals surface area contributed by atoms with Crippen molar-refractivity contribution in [2.75, 3.05) is 13.1 Å². The van der Waals surface area contributed by atoms with E-state index < -0.39 is 0 Å². The monoisotopic (exact) mass is 381 g/mol. The summed E-state index contributed by atoms with van der Waals surface area (Å²) < 4.78 is 8.67. The molecule has 4 heterocycles. The van der Waals surface area contributed by atoms with Crippen LogP contribution >= 0.6 is 0 Å². The van der Waals surface area contributed by atoms with Crippen molar-refractivity contribution in [3.8, 4) is 11.7 Å². The Hall–Kier alpha value is -3.56. The molecule has 10 nitrogen and oxygen atoms in total. The van der Waals surface area contributed by atoms with Crippen LogP contribution in [0, 0.1) is 0 Å². The third-order valence-corrected chi connectivity index (χ3v) is 4.56. The van der Waals surface area contributed by atoms with Crippen LogP contribution in [-0.4, -0.2) is 59.8 Å². The van der Waals surface area contributed by atoms with Crippen LogP contribution in [0.2, 0.25) is 0 Å². The lowest BCUT2D eigenvalue weighted by atomic mass is 10.1. The van der Waals surface area contributed by atoms with E-state index in [1.807, 2.05) is 6.07 Å². The second kappa shape index (κ2) is 7.59. The van der Waals surface area contributed by atoms with Gasteiger partial charge in [-0.25, -0.2) is 9.36 Å². The summed E-state index contributed by atoms with van der Waals surface area (Å²) in [6.45, 7) is 1.10. The first-order valence-corrected chi connectivity index (χ1v) is 8.94. The van der Waals surface area contributed by atoms with Crippen molar-refractivity contribution >= 4 is 5.91 Å². The number of aromatic nitrogens is 6. The van der Waals surface area contributed by atoms with Crippen LogP contribution in [0.15, 0.2) is 47.5 Å². The first-order chi connectivity index (χ1) is 13.6. The molecule has 144 valence electrons. The lowest BCUT2D eigenvalue weighted by Crippen LogP contribution is -2.42. The number of amides is 1. The molecule has 4 rings (SSSR count). The zero-order valence-electron chi connectivity index (χ0n) is 15.3. The van der Waals surface area contributed by atoms with Crippen LogP contribution in [0.25, 0.3) is 5.82 Å². The number of piperidine rings is 1. The van der Waals surface area contributed by atoms with Gasteiger partial charge in [-0.2, -0.15) is 10.2 Å². The first kappa shape index (κ1) is 17.8. The fourth-order valence-electron chi connectivity index (χ4n) is 3.03. The SMILES string of the molecule is Cn1nc(C(=O)N2CCC(Oc3ccc(-n4cccn4)nn3)CC2)ccc1=O. The van der Waals surface area contributed by atoms with Gasteiger partial charge in [-0.15, -0.1) is 10.2 Å². The van der Waals surface area contributed by atoms with E-state index in [0.717, 1.165) is 4.68 Å². The maximum atomic E-state index is 12.6. The highest BCUT2D eigenvalue weighted by Gasteiger charge is 2.26. The van der Waals surface area contributed by atoms with Crippen molar-refractivity contribution < 1.29 is 9.53 Å². The molecule has 0 unspecified atom stereocenters. The Labute approximate surface area is 160 Å². The molecule has 0 aromatic carbocycles. The van der Waals surface area contributed by atoms with Crippen molar-refractivity contribution in [3.63, 3.8) is 0 Å². The summed E-state index contributed by atoms with van der Waals surface area (Å²) in [6.07, 6.45) is 4.78. The molecule has 0 spiro atoms. The number of nitrogens with zero attached hydrogens (tertiary/aromatic N) is 7. The van der Waals surface area contributed by atoms with Gasteiger partial charge < -0.3 is 9.64 Å². The standard InChI is InChI=1S/C18H19N7O3/c1-23-17(26)6-3-14(22-23)18(27)24-11-7-13(8-12-24)28-16-5-4-15(20-21-16)25-10-2-9-19-25/h2-6,9-10,13H,7-8,11-12H2,1H3. The third-order valence-electron chi connectivity index (χ3n) is 4.56. The Kier molecular flexibility index (Phi) is 4.83. The highest BCUT2D eigenvalue weighted by atomic mass is 16.5. The molecule has 10 heteroatoms. The van der Waals surface area contributed by atoms with Crippen LogP contribution in [0.3, 0.4) is 0 Å². The minimum atomic E-state index is -0.247. The van der Waals surface area contributed by atoms with Crippen molar-refractivity contribution in [1.82, 2.24) is 34.7 Å².